The van der Waals surface area contributed by atoms with Gasteiger partial charge in [-0.3, -0.25) is 9.59 Å². The van der Waals surface area contributed by atoms with Crippen molar-refractivity contribution in [2.45, 2.75) is 39.2 Å². The molecule has 0 saturated carbocycles. The maximum atomic E-state index is 13.1. The maximum Gasteiger partial charge on any atom is 0.244 e. The summed E-state index contributed by atoms with van der Waals surface area (Å²) in [5, 5.41) is 2.91. The standard InChI is InChI=1S/C23H27FN2O3/c1-16-5-3-7-21(17(16)2)25-22(27)15-26(14-20-6-4-12-29-20)23(28)13-18-8-10-19(24)11-9-18/h3,5,7-11,20H,4,6,12-15H2,1-2H3,(H,25,27). The van der Waals surface area contributed by atoms with E-state index in [0.717, 1.165) is 29.7 Å². The molecular formula is C23H27FN2O3. The number of ether oxygens (including phenoxy) is 1. The fourth-order valence-electron chi connectivity index (χ4n) is 3.43. The maximum absolute atomic E-state index is 13.1. The van der Waals surface area contributed by atoms with E-state index in [1.54, 1.807) is 17.0 Å². The number of amides is 2. The SMILES string of the molecule is Cc1cccc(NC(=O)CN(CC2CCCO2)C(=O)Cc2ccc(F)cc2)c1C. The van der Waals surface area contributed by atoms with E-state index in [-0.39, 0.29) is 36.7 Å². The van der Waals surface area contributed by atoms with Crippen molar-refractivity contribution >= 4 is 17.5 Å². The molecule has 154 valence electrons. The molecule has 0 aromatic heterocycles. The highest BCUT2D eigenvalue weighted by Gasteiger charge is 2.24. The first kappa shape index (κ1) is 21.0. The van der Waals surface area contributed by atoms with Crippen molar-refractivity contribution < 1.29 is 18.7 Å². The van der Waals surface area contributed by atoms with Gasteiger partial charge >= 0.3 is 0 Å². The van der Waals surface area contributed by atoms with E-state index in [1.807, 2.05) is 32.0 Å². The van der Waals surface area contributed by atoms with Crippen molar-refractivity contribution in [3.63, 3.8) is 0 Å². The van der Waals surface area contributed by atoms with Gasteiger partial charge in [-0.2, -0.15) is 0 Å². The predicted molar refractivity (Wildman–Crippen MR) is 110 cm³/mol. The van der Waals surface area contributed by atoms with Crippen LogP contribution in [-0.4, -0.2) is 42.5 Å². The van der Waals surface area contributed by atoms with Crippen molar-refractivity contribution in [1.29, 1.82) is 0 Å². The molecular weight excluding hydrogens is 371 g/mol. The van der Waals surface area contributed by atoms with Crippen LogP contribution in [-0.2, 0) is 20.7 Å². The number of hydrogen-bond acceptors (Lipinski definition) is 3. The Kier molecular flexibility index (Phi) is 6.99. The molecule has 6 heteroatoms. The van der Waals surface area contributed by atoms with Crippen LogP contribution in [0.4, 0.5) is 10.1 Å². The summed E-state index contributed by atoms with van der Waals surface area (Å²) in [5.41, 5.74) is 3.55. The van der Waals surface area contributed by atoms with E-state index in [0.29, 0.717) is 18.7 Å². The number of benzene rings is 2. The summed E-state index contributed by atoms with van der Waals surface area (Å²) >= 11 is 0. The van der Waals surface area contributed by atoms with Gasteiger partial charge in [0, 0.05) is 18.8 Å². The predicted octanol–water partition coefficient (Wildman–Crippen LogP) is 3.63. The normalized spacial score (nSPS) is 15.9. The lowest BCUT2D eigenvalue weighted by Crippen LogP contribution is -2.43. The van der Waals surface area contributed by atoms with Crippen LogP contribution in [0.25, 0.3) is 0 Å². The van der Waals surface area contributed by atoms with Crippen molar-refractivity contribution in [3.05, 3.63) is 65.0 Å². The van der Waals surface area contributed by atoms with E-state index >= 15 is 0 Å². The summed E-state index contributed by atoms with van der Waals surface area (Å²) in [5.74, 6) is -0.766. The molecule has 1 saturated heterocycles. The Labute approximate surface area is 170 Å². The van der Waals surface area contributed by atoms with E-state index < -0.39 is 0 Å². The molecule has 29 heavy (non-hydrogen) atoms. The lowest BCUT2D eigenvalue weighted by Gasteiger charge is -2.25. The van der Waals surface area contributed by atoms with Crippen LogP contribution in [0.1, 0.15) is 29.5 Å². The van der Waals surface area contributed by atoms with Gasteiger partial charge in [0.25, 0.3) is 0 Å². The fourth-order valence-corrected chi connectivity index (χ4v) is 3.43. The third-order valence-corrected chi connectivity index (χ3v) is 5.28. The van der Waals surface area contributed by atoms with Gasteiger partial charge < -0.3 is 15.0 Å². The highest BCUT2D eigenvalue weighted by Crippen LogP contribution is 2.19. The van der Waals surface area contributed by atoms with Crippen molar-refractivity contribution in [3.8, 4) is 0 Å². The number of anilines is 1. The molecule has 1 N–H and O–H groups in total. The topological polar surface area (TPSA) is 58.6 Å². The number of carbonyl (C=O) groups is 2. The van der Waals surface area contributed by atoms with E-state index in [2.05, 4.69) is 5.32 Å². The molecule has 1 aliphatic rings. The summed E-state index contributed by atoms with van der Waals surface area (Å²) < 4.78 is 18.8. The minimum Gasteiger partial charge on any atom is -0.376 e. The molecule has 1 unspecified atom stereocenters. The van der Waals surface area contributed by atoms with Gasteiger partial charge in [-0.1, -0.05) is 24.3 Å². The monoisotopic (exact) mass is 398 g/mol. The summed E-state index contributed by atoms with van der Waals surface area (Å²) in [6, 6.07) is 11.6. The average molecular weight is 398 g/mol. The van der Waals surface area contributed by atoms with Crippen LogP contribution in [0.5, 0.6) is 0 Å². The largest absolute Gasteiger partial charge is 0.376 e. The number of halogens is 1. The Morgan fingerprint density at radius 1 is 1.17 bits per heavy atom. The zero-order valence-electron chi connectivity index (χ0n) is 16.9. The molecule has 1 heterocycles. The molecule has 2 aromatic carbocycles. The van der Waals surface area contributed by atoms with E-state index in [1.165, 1.54) is 12.1 Å². The number of rotatable bonds is 7. The highest BCUT2D eigenvalue weighted by atomic mass is 19.1. The van der Waals surface area contributed by atoms with Gasteiger partial charge in [0.1, 0.15) is 5.82 Å². The van der Waals surface area contributed by atoms with Gasteiger partial charge in [0.05, 0.1) is 19.1 Å². The number of carbonyl (C=O) groups excluding carboxylic acids is 2. The minimum atomic E-state index is -0.342. The van der Waals surface area contributed by atoms with Crippen molar-refractivity contribution in [1.82, 2.24) is 4.90 Å². The first-order chi connectivity index (χ1) is 13.9. The molecule has 1 aliphatic heterocycles. The first-order valence-corrected chi connectivity index (χ1v) is 9.92. The van der Waals surface area contributed by atoms with Crippen LogP contribution in [0.3, 0.4) is 0 Å². The van der Waals surface area contributed by atoms with Crippen molar-refractivity contribution in [2.24, 2.45) is 0 Å². The molecule has 2 aromatic rings. The summed E-state index contributed by atoms with van der Waals surface area (Å²) in [7, 11) is 0. The van der Waals surface area contributed by atoms with Gasteiger partial charge in [0.2, 0.25) is 11.8 Å². The van der Waals surface area contributed by atoms with Crippen LogP contribution < -0.4 is 5.32 Å². The molecule has 0 spiro atoms. The van der Waals surface area contributed by atoms with E-state index in [4.69, 9.17) is 4.74 Å². The molecule has 0 aliphatic carbocycles. The Morgan fingerprint density at radius 2 is 1.93 bits per heavy atom. The Morgan fingerprint density at radius 3 is 2.62 bits per heavy atom. The zero-order chi connectivity index (χ0) is 20.8. The van der Waals surface area contributed by atoms with E-state index in [9.17, 15) is 14.0 Å². The Hall–Kier alpha value is -2.73. The van der Waals surface area contributed by atoms with Gasteiger partial charge in [-0.05, 0) is 61.6 Å². The van der Waals surface area contributed by atoms with Crippen LogP contribution in [0, 0.1) is 19.7 Å². The fraction of sp³-hybridized carbons (Fsp3) is 0.391. The number of hydrogen-bond donors (Lipinski definition) is 1. The molecule has 3 rings (SSSR count). The Bertz CT molecular complexity index is 861. The first-order valence-electron chi connectivity index (χ1n) is 9.92. The lowest BCUT2D eigenvalue weighted by molar-refractivity contribution is -0.135. The number of nitrogens with zero attached hydrogens (tertiary/aromatic N) is 1. The van der Waals surface area contributed by atoms with Crippen LogP contribution in [0.15, 0.2) is 42.5 Å². The minimum absolute atomic E-state index is 0.0483. The second-order valence-corrected chi connectivity index (χ2v) is 7.51. The van der Waals surface area contributed by atoms with Gasteiger partial charge in [-0.15, -0.1) is 0 Å². The second kappa shape index (κ2) is 9.65. The Balaban J connectivity index is 1.68. The van der Waals surface area contributed by atoms with Crippen LogP contribution >= 0.6 is 0 Å². The second-order valence-electron chi connectivity index (χ2n) is 7.51. The number of aryl methyl sites for hydroxylation is 1. The molecule has 0 bridgehead atoms. The number of nitrogens with one attached hydrogen (secondary N) is 1. The van der Waals surface area contributed by atoms with Gasteiger partial charge in [0.15, 0.2) is 0 Å². The highest BCUT2D eigenvalue weighted by molar-refractivity contribution is 5.95. The average Bonchev–Trinajstić information content (AvgIpc) is 3.20. The van der Waals surface area contributed by atoms with Crippen molar-refractivity contribution in [2.75, 3.05) is 25.0 Å². The quantitative estimate of drug-likeness (QED) is 0.775. The summed E-state index contributed by atoms with van der Waals surface area (Å²) in [4.78, 5) is 27.1. The third kappa shape index (κ3) is 5.87. The smallest absolute Gasteiger partial charge is 0.244 e. The molecule has 2 amide bonds. The van der Waals surface area contributed by atoms with Gasteiger partial charge in [-0.25, -0.2) is 4.39 Å². The lowest BCUT2D eigenvalue weighted by atomic mass is 10.1. The third-order valence-electron chi connectivity index (χ3n) is 5.28. The summed E-state index contributed by atoms with van der Waals surface area (Å²) in [6.45, 7) is 4.95. The summed E-state index contributed by atoms with van der Waals surface area (Å²) in [6.07, 6.45) is 1.89. The van der Waals surface area contributed by atoms with Crippen LogP contribution in [0.2, 0.25) is 0 Å². The molecule has 5 nitrogen and oxygen atoms in total. The molecule has 1 atom stereocenters. The zero-order valence-corrected chi connectivity index (χ0v) is 16.9. The molecule has 0 radical (unpaired) electrons. The molecule has 1 fully saturated rings.